The van der Waals surface area contributed by atoms with Crippen molar-refractivity contribution >= 4 is 29.5 Å². The summed E-state index contributed by atoms with van der Waals surface area (Å²) in [7, 11) is 0. The number of nitrogens with two attached hydrogens (primary N) is 1. The van der Waals surface area contributed by atoms with Crippen molar-refractivity contribution in [2.24, 2.45) is 17.6 Å². The van der Waals surface area contributed by atoms with Crippen LogP contribution in [0.2, 0.25) is 0 Å². The van der Waals surface area contributed by atoms with Gasteiger partial charge in [-0.2, -0.15) is 0 Å². The van der Waals surface area contributed by atoms with Gasteiger partial charge in [-0.15, -0.1) is 0 Å². The lowest BCUT2D eigenvalue weighted by Crippen LogP contribution is -2.54. The Labute approximate surface area is 170 Å². The van der Waals surface area contributed by atoms with E-state index in [0.29, 0.717) is 25.9 Å². The lowest BCUT2D eigenvalue weighted by molar-refractivity contribution is -0.141. The third-order valence-corrected chi connectivity index (χ3v) is 5.54. The second kappa shape index (κ2) is 10.2. The Morgan fingerprint density at radius 3 is 2.38 bits per heavy atom. The summed E-state index contributed by atoms with van der Waals surface area (Å²) in [5.41, 5.74) is 5.14. The minimum Gasteiger partial charge on any atom is -0.363 e. The molecule has 5 N–H and O–H groups in total. The maximum absolute atomic E-state index is 12.9. The summed E-state index contributed by atoms with van der Waals surface area (Å²) in [6.45, 7) is 4.27. The van der Waals surface area contributed by atoms with E-state index >= 15 is 0 Å². The smallest absolute Gasteiger partial charge is 0.315 e. The lowest BCUT2D eigenvalue weighted by Gasteiger charge is -2.30. The van der Waals surface area contributed by atoms with Gasteiger partial charge in [-0.25, -0.2) is 4.79 Å². The first-order valence-electron chi connectivity index (χ1n) is 10.2. The second-order valence-electron chi connectivity index (χ2n) is 7.94. The topological polar surface area (TPSA) is 151 Å². The third-order valence-electron chi connectivity index (χ3n) is 5.54. The van der Waals surface area contributed by atoms with Crippen LogP contribution in [0.25, 0.3) is 0 Å². The fourth-order valence-electron chi connectivity index (χ4n) is 3.78. The van der Waals surface area contributed by atoms with E-state index in [9.17, 15) is 24.0 Å². The Morgan fingerprint density at radius 2 is 1.83 bits per heavy atom. The number of ketones is 1. The highest BCUT2D eigenvalue weighted by molar-refractivity contribution is 6.37. The van der Waals surface area contributed by atoms with Crippen LogP contribution < -0.4 is 21.7 Å². The van der Waals surface area contributed by atoms with E-state index in [0.717, 1.165) is 19.3 Å². The molecule has 2 unspecified atom stereocenters. The molecule has 0 aromatic carbocycles. The van der Waals surface area contributed by atoms with Crippen molar-refractivity contribution < 1.29 is 24.0 Å². The lowest BCUT2D eigenvalue weighted by atomic mass is 9.80. The summed E-state index contributed by atoms with van der Waals surface area (Å²) < 4.78 is 0. The second-order valence-corrected chi connectivity index (χ2v) is 7.94. The number of nitrogens with zero attached hydrogens (tertiary/aromatic N) is 1. The third kappa shape index (κ3) is 6.16. The van der Waals surface area contributed by atoms with Crippen molar-refractivity contribution in [2.75, 3.05) is 19.6 Å². The summed E-state index contributed by atoms with van der Waals surface area (Å²) in [4.78, 5) is 61.9. The van der Waals surface area contributed by atoms with Crippen LogP contribution in [-0.2, 0) is 19.2 Å². The number of amides is 5. The maximum atomic E-state index is 12.9. The van der Waals surface area contributed by atoms with Crippen molar-refractivity contribution in [3.8, 4) is 0 Å². The first-order valence-corrected chi connectivity index (χ1v) is 10.2. The van der Waals surface area contributed by atoms with Gasteiger partial charge in [0.25, 0.3) is 5.91 Å². The van der Waals surface area contributed by atoms with Gasteiger partial charge < -0.3 is 26.6 Å². The molecule has 3 atom stereocenters. The van der Waals surface area contributed by atoms with Crippen LogP contribution in [0.3, 0.4) is 0 Å². The number of Topliss-reactive ketones (excluding diaryl/α,β-unsaturated/α-hetero) is 1. The van der Waals surface area contributed by atoms with Crippen LogP contribution in [0.1, 0.15) is 46.0 Å². The molecule has 2 aliphatic rings. The highest BCUT2D eigenvalue weighted by Crippen LogP contribution is 2.31. The highest BCUT2D eigenvalue weighted by Gasteiger charge is 2.40. The van der Waals surface area contributed by atoms with Gasteiger partial charge in [-0.3, -0.25) is 19.2 Å². The van der Waals surface area contributed by atoms with Gasteiger partial charge in [0, 0.05) is 13.1 Å². The van der Waals surface area contributed by atoms with Crippen molar-refractivity contribution in [3.05, 3.63) is 0 Å². The number of primary amides is 1. The van der Waals surface area contributed by atoms with Gasteiger partial charge in [-0.1, -0.05) is 26.2 Å². The minimum atomic E-state index is -1.08. The van der Waals surface area contributed by atoms with Crippen molar-refractivity contribution in [3.63, 3.8) is 0 Å². The van der Waals surface area contributed by atoms with E-state index in [2.05, 4.69) is 16.0 Å². The maximum Gasteiger partial charge on any atom is 0.315 e. The van der Waals surface area contributed by atoms with Crippen molar-refractivity contribution in [1.29, 1.82) is 0 Å². The molecular weight excluding hydrogens is 378 g/mol. The van der Waals surface area contributed by atoms with Crippen molar-refractivity contribution in [1.82, 2.24) is 20.9 Å². The molecule has 0 radical (unpaired) electrons. The molecule has 1 heterocycles. The summed E-state index contributed by atoms with van der Waals surface area (Å²) in [5, 5.41) is 7.64. The predicted molar refractivity (Wildman–Crippen MR) is 104 cm³/mol. The Hall–Kier alpha value is -2.65. The minimum absolute atomic E-state index is 0.0936. The van der Waals surface area contributed by atoms with E-state index in [1.807, 2.05) is 6.92 Å². The zero-order chi connectivity index (χ0) is 21.6. The number of urea groups is 1. The Morgan fingerprint density at radius 1 is 1.14 bits per heavy atom. The summed E-state index contributed by atoms with van der Waals surface area (Å²) in [5.74, 6) is -2.36. The standard InChI is InChI=1S/C19H31N5O5/c1-3-21-19(29)22-9-15(25)24-10-11(2)7-14(24)18(28)23-13(16(26)17(20)27)8-12-5-4-6-12/h11-14H,3-10H2,1-2H3,(H2,20,27)(H,23,28)(H2,21,22,29)/t11-,13?,14?/m1/s1. The summed E-state index contributed by atoms with van der Waals surface area (Å²) in [6.07, 6.45) is 3.79. The fraction of sp³-hybridized carbons (Fsp3) is 0.737. The number of hydrogen-bond acceptors (Lipinski definition) is 5. The molecular formula is C19H31N5O5. The molecule has 1 aliphatic heterocycles. The molecule has 162 valence electrons. The zero-order valence-corrected chi connectivity index (χ0v) is 17.0. The molecule has 0 aromatic rings. The monoisotopic (exact) mass is 409 g/mol. The van der Waals surface area contributed by atoms with Gasteiger partial charge in [-0.05, 0) is 31.6 Å². The van der Waals surface area contributed by atoms with Crippen LogP contribution in [0.4, 0.5) is 4.79 Å². The van der Waals surface area contributed by atoms with E-state index in [1.54, 1.807) is 6.92 Å². The van der Waals surface area contributed by atoms with Crippen LogP contribution in [0, 0.1) is 11.8 Å². The Balaban J connectivity index is 2.01. The molecule has 1 saturated heterocycles. The molecule has 1 saturated carbocycles. The van der Waals surface area contributed by atoms with Gasteiger partial charge >= 0.3 is 6.03 Å². The molecule has 10 heteroatoms. The van der Waals surface area contributed by atoms with Gasteiger partial charge in [0.1, 0.15) is 6.04 Å². The van der Waals surface area contributed by atoms with E-state index in [-0.39, 0.29) is 24.3 Å². The molecule has 2 fully saturated rings. The Kier molecular flexibility index (Phi) is 7.98. The molecule has 2 rings (SSSR count). The first-order chi connectivity index (χ1) is 13.7. The quantitative estimate of drug-likeness (QED) is 0.370. The summed E-state index contributed by atoms with van der Waals surface area (Å²) in [6, 6.07) is -2.17. The normalized spacial score (nSPS) is 22.3. The number of nitrogens with one attached hydrogen (secondary N) is 3. The largest absolute Gasteiger partial charge is 0.363 e. The van der Waals surface area contributed by atoms with Gasteiger partial charge in [0.15, 0.2) is 0 Å². The molecule has 10 nitrogen and oxygen atoms in total. The number of hydrogen-bond donors (Lipinski definition) is 4. The summed E-state index contributed by atoms with van der Waals surface area (Å²) >= 11 is 0. The number of rotatable bonds is 9. The van der Waals surface area contributed by atoms with Crippen LogP contribution in [-0.4, -0.2) is 66.2 Å². The van der Waals surface area contributed by atoms with Crippen molar-refractivity contribution in [2.45, 2.75) is 58.0 Å². The molecule has 0 bridgehead atoms. The fourth-order valence-corrected chi connectivity index (χ4v) is 3.78. The molecule has 5 amide bonds. The average Bonchev–Trinajstić information content (AvgIpc) is 3.03. The SMILES string of the molecule is CCNC(=O)NCC(=O)N1C[C@H](C)CC1C(=O)NC(CC1CCC1)C(=O)C(N)=O. The van der Waals surface area contributed by atoms with Gasteiger partial charge in [0.2, 0.25) is 17.6 Å². The molecule has 0 aromatic heterocycles. The zero-order valence-electron chi connectivity index (χ0n) is 17.0. The van der Waals surface area contributed by atoms with Crippen LogP contribution in [0.5, 0.6) is 0 Å². The molecule has 1 aliphatic carbocycles. The van der Waals surface area contributed by atoms with Crippen LogP contribution in [0.15, 0.2) is 0 Å². The molecule has 29 heavy (non-hydrogen) atoms. The van der Waals surface area contributed by atoms with Crippen LogP contribution >= 0.6 is 0 Å². The number of carbonyl (C=O) groups is 5. The van der Waals surface area contributed by atoms with E-state index in [4.69, 9.17) is 5.73 Å². The number of likely N-dealkylation sites (tertiary alicyclic amines) is 1. The van der Waals surface area contributed by atoms with Gasteiger partial charge in [0.05, 0.1) is 12.6 Å². The predicted octanol–water partition coefficient (Wildman–Crippen LogP) is -0.728. The number of carbonyl (C=O) groups excluding carboxylic acids is 5. The highest BCUT2D eigenvalue weighted by atomic mass is 16.2. The Bertz CT molecular complexity index is 663. The van der Waals surface area contributed by atoms with E-state index < -0.39 is 35.7 Å². The molecule has 0 spiro atoms. The average molecular weight is 409 g/mol. The van der Waals surface area contributed by atoms with E-state index in [1.165, 1.54) is 4.90 Å². The first kappa shape index (κ1) is 22.6.